The number of rotatable bonds is 45. The summed E-state index contributed by atoms with van der Waals surface area (Å²) in [6, 6.07) is 17.7. The fraction of sp³-hybridized carbons (Fsp3) is 0.729. The van der Waals surface area contributed by atoms with Crippen LogP contribution in [0.1, 0.15) is 205 Å². The van der Waals surface area contributed by atoms with Gasteiger partial charge in [0.25, 0.3) is 0 Å². The Kier molecular flexibility index (Phi) is 35.2. The van der Waals surface area contributed by atoms with E-state index < -0.39 is 8.32 Å². The number of hydrogen-bond acceptors (Lipinski definition) is 9. The third-order valence-electron chi connectivity index (χ3n) is 13.6. The van der Waals surface area contributed by atoms with Crippen molar-refractivity contribution in [3.63, 3.8) is 0 Å². The molecule has 2 aromatic carbocycles. The van der Waals surface area contributed by atoms with Gasteiger partial charge < -0.3 is 23.9 Å². The average Bonchev–Trinajstić information content (AvgIpc) is 3.68. The van der Waals surface area contributed by atoms with Crippen molar-refractivity contribution in [3.8, 4) is 0 Å². The van der Waals surface area contributed by atoms with Crippen molar-refractivity contribution in [2.45, 2.75) is 238 Å². The highest BCUT2D eigenvalue weighted by molar-refractivity contribution is 6.69. The molecular formula is C59H100N4O5Si. The van der Waals surface area contributed by atoms with Crippen molar-refractivity contribution in [3.05, 3.63) is 84.5 Å². The molecule has 3 rings (SSSR count). The fourth-order valence-electron chi connectivity index (χ4n) is 9.32. The third kappa shape index (κ3) is 31.0. The summed E-state index contributed by atoms with van der Waals surface area (Å²) < 4.78 is 13.4. The summed E-state index contributed by atoms with van der Waals surface area (Å²) in [5, 5.41) is 16.3. The van der Waals surface area contributed by atoms with E-state index in [4.69, 9.17) is 19.1 Å². The quantitative estimate of drug-likeness (QED) is 0.0234. The number of aryl methyl sites for hydroxylation is 2. The van der Waals surface area contributed by atoms with Gasteiger partial charge in [-0.1, -0.05) is 165 Å². The van der Waals surface area contributed by atoms with Gasteiger partial charge in [-0.2, -0.15) is 0 Å². The van der Waals surface area contributed by atoms with E-state index in [1.807, 2.05) is 37.4 Å². The first-order valence-corrected chi connectivity index (χ1v) is 31.5. The lowest BCUT2D eigenvalue weighted by atomic mass is 10.0. The first-order chi connectivity index (χ1) is 33.8. The van der Waals surface area contributed by atoms with E-state index in [1.165, 1.54) is 146 Å². The van der Waals surface area contributed by atoms with E-state index in [9.17, 15) is 4.80 Å². The minimum absolute atomic E-state index is 0.0721. The molecule has 1 N–H and O–H groups in total. The number of nitrogens with zero attached hydrogens (tertiary/aromatic N) is 4. The smallest absolute Gasteiger partial charge is 0.182 e. The third-order valence-corrected chi connectivity index (χ3v) is 15.2. The molecule has 0 radical (unpaired) electrons. The Labute approximate surface area is 423 Å². The Bertz CT molecular complexity index is 1600. The van der Waals surface area contributed by atoms with Gasteiger partial charge in [0.15, 0.2) is 8.32 Å². The maximum Gasteiger partial charge on any atom is 0.182 e. The molecule has 0 amide bonds. The lowest BCUT2D eigenvalue weighted by Gasteiger charge is -2.26. The topological polar surface area (TPSA) is 107 Å². The Balaban J connectivity index is 1.26. The first-order valence-electron chi connectivity index (χ1n) is 28.3. The number of allylic oxidation sites excluding steroid dienone is 1. The van der Waals surface area contributed by atoms with Crippen LogP contribution in [0, 0.1) is 11.8 Å². The van der Waals surface area contributed by atoms with Crippen LogP contribution in [0.4, 0.5) is 11.4 Å². The molecule has 4 atom stereocenters. The van der Waals surface area contributed by atoms with Crippen LogP contribution in [0.5, 0.6) is 0 Å². The Morgan fingerprint density at radius 2 is 0.928 bits per heavy atom. The maximum absolute atomic E-state index is 10.2. The molecule has 0 heterocycles. The zero-order valence-electron chi connectivity index (χ0n) is 44.5. The van der Waals surface area contributed by atoms with Crippen molar-refractivity contribution in [2.75, 3.05) is 26.4 Å². The van der Waals surface area contributed by atoms with Gasteiger partial charge in [0.2, 0.25) is 0 Å². The molecule has 69 heavy (non-hydrogen) atoms. The molecule has 0 bridgehead atoms. The molecule has 0 aromatic heterocycles. The van der Waals surface area contributed by atoms with Crippen molar-refractivity contribution >= 4 is 19.7 Å². The Morgan fingerprint density at radius 3 is 1.36 bits per heavy atom. The van der Waals surface area contributed by atoms with Crippen LogP contribution in [0.2, 0.25) is 19.1 Å². The van der Waals surface area contributed by atoms with E-state index in [0.717, 1.165) is 88.4 Å². The highest BCUT2D eigenvalue weighted by atomic mass is 28.4. The molecule has 10 heteroatoms. The van der Waals surface area contributed by atoms with Crippen LogP contribution in [-0.4, -0.2) is 51.7 Å². The Morgan fingerprint density at radius 1 is 0.522 bits per heavy atom. The molecular weight excluding hydrogens is 873 g/mol. The summed E-state index contributed by atoms with van der Waals surface area (Å²) in [5.74, 6) is 0.681. The van der Waals surface area contributed by atoms with Crippen LogP contribution in [0.3, 0.4) is 0 Å². The average molecular weight is 974 g/mol. The molecule has 0 saturated heterocycles. The summed E-state index contributed by atoms with van der Waals surface area (Å²) in [4.78, 5) is 21.0. The number of ether oxygens (including phenoxy) is 2. The molecule has 2 aromatic rings. The number of benzene rings is 2. The highest BCUT2D eigenvalue weighted by Crippen LogP contribution is 2.38. The van der Waals surface area contributed by atoms with Gasteiger partial charge in [-0.25, -0.2) is 0 Å². The van der Waals surface area contributed by atoms with Gasteiger partial charge in [0, 0.05) is 35.6 Å². The van der Waals surface area contributed by atoms with Crippen LogP contribution in [0.25, 0.3) is 0 Å². The second-order valence-electron chi connectivity index (χ2n) is 20.6. The van der Waals surface area contributed by atoms with E-state index in [2.05, 4.69) is 83.7 Å². The number of unbranched alkanes of at least 4 members (excludes halogenated alkanes) is 22. The highest BCUT2D eigenvalue weighted by Gasteiger charge is 2.42. The predicted molar refractivity (Wildman–Crippen MR) is 292 cm³/mol. The SMILES string of the molecule is C=CC1CC(/C=C/CCCCCC[Si](C)(C)O)C(OCCCCCCCCCCON=Nc2ccc(CCCCC)cc2)C1OCCCCCCCCCCON=Nc1ccc(CCCCC)cc1. The van der Waals surface area contributed by atoms with Gasteiger partial charge in [-0.3, -0.25) is 0 Å². The second-order valence-corrected chi connectivity index (χ2v) is 24.7. The number of hydrogen-bond donors (Lipinski definition) is 1. The van der Waals surface area contributed by atoms with Gasteiger partial charge in [0.1, 0.15) is 13.2 Å². The molecule has 0 aliphatic heterocycles. The molecule has 1 saturated carbocycles. The van der Waals surface area contributed by atoms with Crippen LogP contribution < -0.4 is 0 Å². The minimum Gasteiger partial charge on any atom is -0.432 e. The largest absolute Gasteiger partial charge is 0.432 e. The normalized spacial score (nSPS) is 17.5. The summed E-state index contributed by atoms with van der Waals surface area (Å²) in [7, 11) is -1.92. The predicted octanol–water partition coefficient (Wildman–Crippen LogP) is 18.4. The van der Waals surface area contributed by atoms with Crippen LogP contribution >= 0.6 is 0 Å². The van der Waals surface area contributed by atoms with Crippen molar-refractivity contribution in [1.29, 1.82) is 0 Å². The van der Waals surface area contributed by atoms with Crippen LogP contribution in [-0.2, 0) is 32.0 Å². The van der Waals surface area contributed by atoms with Gasteiger partial charge in [-0.05, 0) is 138 Å². The lowest BCUT2D eigenvalue weighted by molar-refractivity contribution is -0.0757. The summed E-state index contributed by atoms with van der Waals surface area (Å²) in [6.45, 7) is 15.6. The monoisotopic (exact) mass is 973 g/mol. The van der Waals surface area contributed by atoms with Crippen molar-refractivity contribution in [1.82, 2.24) is 0 Å². The maximum atomic E-state index is 10.2. The van der Waals surface area contributed by atoms with Gasteiger partial charge >= 0.3 is 0 Å². The molecule has 1 aliphatic rings. The summed E-state index contributed by atoms with van der Waals surface area (Å²) in [5.41, 5.74) is 4.42. The van der Waals surface area contributed by atoms with Gasteiger partial charge in [-0.15, -0.1) is 16.8 Å². The molecule has 1 fully saturated rings. The van der Waals surface area contributed by atoms with E-state index in [1.54, 1.807) is 0 Å². The molecule has 9 nitrogen and oxygen atoms in total. The van der Waals surface area contributed by atoms with Crippen molar-refractivity contribution < 1.29 is 23.9 Å². The molecule has 390 valence electrons. The van der Waals surface area contributed by atoms with E-state index in [0.29, 0.717) is 25.0 Å². The minimum atomic E-state index is -1.92. The molecule has 1 aliphatic carbocycles. The fourth-order valence-corrected chi connectivity index (χ4v) is 10.4. The standard InChI is InChI=1S/C59H100N4O5Si/c1-6-9-27-35-52-38-42-56(43-39-52)60-62-67-48-32-24-18-13-11-16-22-30-46-65-58-54(8-3)51-55(37-29-21-15-20-26-34-50-69(4,5)64)59(58)66-47-31-23-17-12-14-19-25-33-49-68-63-61-57-44-40-53(41-45-57)36-28-10-7-2/h8,29,37-45,54-55,58-59,64H,3,6-7,9-28,30-36,46-51H2,1-2,4-5H3/b37-29+,62-60?,63-61?. The van der Waals surface area contributed by atoms with Gasteiger partial charge in [0.05, 0.1) is 23.6 Å². The first kappa shape index (κ1) is 60.1. The summed E-state index contributed by atoms with van der Waals surface area (Å²) in [6.07, 6.45) is 42.9. The molecule has 0 spiro atoms. The van der Waals surface area contributed by atoms with E-state index >= 15 is 0 Å². The van der Waals surface area contributed by atoms with E-state index in [-0.39, 0.29) is 12.2 Å². The molecule has 4 unspecified atom stereocenters. The Hall–Kier alpha value is -3.18. The van der Waals surface area contributed by atoms with Crippen LogP contribution in [0.15, 0.2) is 94.1 Å². The zero-order chi connectivity index (χ0) is 49.3. The lowest BCUT2D eigenvalue weighted by Crippen LogP contribution is -2.34. The zero-order valence-corrected chi connectivity index (χ0v) is 45.5. The second kappa shape index (κ2) is 40.4. The van der Waals surface area contributed by atoms with Crippen molar-refractivity contribution in [2.24, 2.45) is 32.6 Å². The summed E-state index contributed by atoms with van der Waals surface area (Å²) >= 11 is 0.